The largest absolute Gasteiger partial charge is 0.204 e. The SMILES string of the molecule is N#Cc1ccc(SCc2ccccc2)c(F)c1Br. The highest BCUT2D eigenvalue weighted by Crippen LogP contribution is 2.31. The van der Waals surface area contributed by atoms with E-state index in [1.54, 1.807) is 12.1 Å². The molecule has 90 valence electrons. The minimum atomic E-state index is -0.366. The van der Waals surface area contributed by atoms with Crippen LogP contribution in [0.4, 0.5) is 4.39 Å². The number of hydrogen-bond acceptors (Lipinski definition) is 2. The van der Waals surface area contributed by atoms with E-state index in [0.717, 1.165) is 5.56 Å². The molecule has 0 saturated carbocycles. The number of halogens is 2. The van der Waals surface area contributed by atoms with Crippen molar-refractivity contribution in [1.29, 1.82) is 5.26 Å². The zero-order valence-electron chi connectivity index (χ0n) is 9.36. The fourth-order valence-electron chi connectivity index (χ4n) is 1.46. The lowest BCUT2D eigenvalue weighted by Crippen LogP contribution is -1.88. The van der Waals surface area contributed by atoms with E-state index in [0.29, 0.717) is 16.2 Å². The van der Waals surface area contributed by atoms with Crippen molar-refractivity contribution in [2.45, 2.75) is 10.6 Å². The van der Waals surface area contributed by atoms with Crippen molar-refractivity contribution in [3.63, 3.8) is 0 Å². The summed E-state index contributed by atoms with van der Waals surface area (Å²) in [6.45, 7) is 0. The summed E-state index contributed by atoms with van der Waals surface area (Å²) in [5.74, 6) is 0.339. The molecule has 0 aliphatic carbocycles. The molecule has 0 aliphatic rings. The van der Waals surface area contributed by atoms with E-state index >= 15 is 0 Å². The van der Waals surface area contributed by atoms with Gasteiger partial charge in [-0.25, -0.2) is 4.39 Å². The quantitative estimate of drug-likeness (QED) is 0.761. The van der Waals surface area contributed by atoms with Crippen LogP contribution in [-0.4, -0.2) is 0 Å². The summed E-state index contributed by atoms with van der Waals surface area (Å²) in [4.78, 5) is 0.546. The fraction of sp³-hybridized carbons (Fsp3) is 0.0714. The molecule has 0 bridgehead atoms. The minimum Gasteiger partial charge on any atom is -0.204 e. The van der Waals surface area contributed by atoms with Crippen LogP contribution in [0.25, 0.3) is 0 Å². The molecular weight excluding hydrogens is 313 g/mol. The molecule has 18 heavy (non-hydrogen) atoms. The lowest BCUT2D eigenvalue weighted by atomic mass is 10.2. The predicted molar refractivity (Wildman–Crippen MR) is 74.8 cm³/mol. The van der Waals surface area contributed by atoms with Gasteiger partial charge in [-0.1, -0.05) is 30.3 Å². The Kier molecular flexibility index (Phi) is 4.40. The van der Waals surface area contributed by atoms with Crippen LogP contribution < -0.4 is 0 Å². The van der Waals surface area contributed by atoms with Gasteiger partial charge >= 0.3 is 0 Å². The average molecular weight is 322 g/mol. The molecule has 0 N–H and O–H groups in total. The molecule has 0 radical (unpaired) electrons. The monoisotopic (exact) mass is 321 g/mol. The highest BCUT2D eigenvalue weighted by molar-refractivity contribution is 9.10. The standard InChI is InChI=1S/C14H9BrFNS/c15-13-11(8-17)6-7-12(14(13)16)18-9-10-4-2-1-3-5-10/h1-7H,9H2. The van der Waals surface area contributed by atoms with Crippen molar-refractivity contribution in [3.05, 3.63) is 63.9 Å². The molecule has 0 fully saturated rings. The highest BCUT2D eigenvalue weighted by Gasteiger charge is 2.11. The highest BCUT2D eigenvalue weighted by atomic mass is 79.9. The van der Waals surface area contributed by atoms with E-state index < -0.39 is 0 Å². The first kappa shape index (κ1) is 13.1. The third-order valence-corrected chi connectivity index (χ3v) is 4.28. The number of nitrogens with zero attached hydrogens (tertiary/aromatic N) is 1. The Balaban J connectivity index is 2.16. The van der Waals surface area contributed by atoms with E-state index in [1.807, 2.05) is 36.4 Å². The first-order valence-corrected chi connectivity index (χ1v) is 7.05. The summed E-state index contributed by atoms with van der Waals surface area (Å²) in [5, 5.41) is 8.79. The predicted octanol–water partition coefficient (Wildman–Crippen LogP) is 4.75. The van der Waals surface area contributed by atoms with Crippen LogP contribution in [0, 0.1) is 17.1 Å². The van der Waals surface area contributed by atoms with Crippen molar-refractivity contribution < 1.29 is 4.39 Å². The smallest absolute Gasteiger partial charge is 0.152 e. The molecule has 0 saturated heterocycles. The second kappa shape index (κ2) is 6.03. The molecule has 2 aromatic rings. The molecule has 2 aromatic carbocycles. The van der Waals surface area contributed by atoms with Crippen LogP contribution >= 0.6 is 27.7 Å². The van der Waals surface area contributed by atoms with Gasteiger partial charge in [0.2, 0.25) is 0 Å². The first-order chi connectivity index (χ1) is 8.72. The Bertz CT molecular complexity index is 593. The Labute approximate surface area is 118 Å². The maximum atomic E-state index is 13.9. The van der Waals surface area contributed by atoms with Gasteiger partial charge in [-0.05, 0) is 33.6 Å². The summed E-state index contributed by atoms with van der Waals surface area (Å²) in [5.41, 5.74) is 1.46. The van der Waals surface area contributed by atoms with Crippen molar-refractivity contribution >= 4 is 27.7 Å². The van der Waals surface area contributed by atoms with Gasteiger partial charge in [0, 0.05) is 10.6 Å². The second-order valence-corrected chi connectivity index (χ2v) is 5.44. The van der Waals surface area contributed by atoms with Crippen LogP contribution in [0.5, 0.6) is 0 Å². The minimum absolute atomic E-state index is 0.239. The van der Waals surface area contributed by atoms with Gasteiger partial charge in [0.05, 0.1) is 10.0 Å². The third-order valence-electron chi connectivity index (χ3n) is 2.40. The number of benzene rings is 2. The van der Waals surface area contributed by atoms with Crippen molar-refractivity contribution in [1.82, 2.24) is 0 Å². The molecule has 0 aliphatic heterocycles. The van der Waals surface area contributed by atoms with Gasteiger partial charge in [0.15, 0.2) is 5.82 Å². The van der Waals surface area contributed by atoms with Crippen LogP contribution in [0.1, 0.15) is 11.1 Å². The average Bonchev–Trinajstić information content (AvgIpc) is 2.42. The lowest BCUT2D eigenvalue weighted by Gasteiger charge is -2.06. The normalized spacial score (nSPS) is 10.1. The van der Waals surface area contributed by atoms with Crippen LogP contribution in [0.3, 0.4) is 0 Å². The van der Waals surface area contributed by atoms with Crippen molar-refractivity contribution in [2.24, 2.45) is 0 Å². The molecule has 0 heterocycles. The zero-order valence-corrected chi connectivity index (χ0v) is 11.8. The molecule has 4 heteroatoms. The number of hydrogen-bond donors (Lipinski definition) is 0. The van der Waals surface area contributed by atoms with E-state index in [9.17, 15) is 4.39 Å². The molecule has 0 aromatic heterocycles. The molecule has 0 spiro atoms. The Hall–Kier alpha value is -1.31. The van der Waals surface area contributed by atoms with Gasteiger partial charge in [-0.3, -0.25) is 0 Å². The molecule has 0 atom stereocenters. The molecule has 0 amide bonds. The summed E-state index contributed by atoms with van der Waals surface area (Å²) in [6, 6.07) is 15.1. The van der Waals surface area contributed by atoms with E-state index in [2.05, 4.69) is 15.9 Å². The van der Waals surface area contributed by atoms with Gasteiger partial charge < -0.3 is 0 Å². The fourth-order valence-corrected chi connectivity index (χ4v) is 2.94. The van der Waals surface area contributed by atoms with Crippen LogP contribution in [0.2, 0.25) is 0 Å². The zero-order chi connectivity index (χ0) is 13.0. The number of thioether (sulfide) groups is 1. The Morgan fingerprint density at radius 1 is 1.17 bits per heavy atom. The molecular formula is C14H9BrFNS. The van der Waals surface area contributed by atoms with Gasteiger partial charge in [-0.15, -0.1) is 11.8 Å². The number of rotatable bonds is 3. The molecule has 2 rings (SSSR count). The molecule has 0 unspecified atom stereocenters. The summed E-state index contributed by atoms with van der Waals surface area (Å²) in [6.07, 6.45) is 0. The van der Waals surface area contributed by atoms with Crippen molar-refractivity contribution in [2.75, 3.05) is 0 Å². The maximum Gasteiger partial charge on any atom is 0.152 e. The lowest BCUT2D eigenvalue weighted by molar-refractivity contribution is 0.594. The first-order valence-electron chi connectivity index (χ1n) is 5.27. The van der Waals surface area contributed by atoms with E-state index in [1.165, 1.54) is 11.8 Å². The Morgan fingerprint density at radius 2 is 1.89 bits per heavy atom. The van der Waals surface area contributed by atoms with Crippen molar-refractivity contribution in [3.8, 4) is 6.07 Å². The van der Waals surface area contributed by atoms with E-state index in [4.69, 9.17) is 5.26 Å². The van der Waals surface area contributed by atoms with Gasteiger partial charge in [-0.2, -0.15) is 5.26 Å². The van der Waals surface area contributed by atoms with Crippen LogP contribution in [-0.2, 0) is 5.75 Å². The van der Waals surface area contributed by atoms with Gasteiger partial charge in [0.1, 0.15) is 6.07 Å². The third kappa shape index (κ3) is 2.92. The molecule has 1 nitrogen and oxygen atoms in total. The summed E-state index contributed by atoms with van der Waals surface area (Å²) < 4.78 is 14.2. The van der Waals surface area contributed by atoms with Crippen LogP contribution in [0.15, 0.2) is 51.8 Å². The number of nitriles is 1. The van der Waals surface area contributed by atoms with Gasteiger partial charge in [0.25, 0.3) is 0 Å². The summed E-state index contributed by atoms with van der Waals surface area (Å²) >= 11 is 4.53. The summed E-state index contributed by atoms with van der Waals surface area (Å²) in [7, 11) is 0. The second-order valence-electron chi connectivity index (χ2n) is 3.63. The van der Waals surface area contributed by atoms with E-state index in [-0.39, 0.29) is 10.3 Å². The Morgan fingerprint density at radius 3 is 2.56 bits per heavy atom. The maximum absolute atomic E-state index is 13.9. The topological polar surface area (TPSA) is 23.8 Å².